The van der Waals surface area contributed by atoms with Gasteiger partial charge in [0.25, 0.3) is 0 Å². The Balaban J connectivity index is 1.99. The lowest BCUT2D eigenvalue weighted by Crippen LogP contribution is -2.11. The zero-order chi connectivity index (χ0) is 12.5. The van der Waals surface area contributed by atoms with Gasteiger partial charge in [0.05, 0.1) is 6.61 Å². The summed E-state index contributed by atoms with van der Waals surface area (Å²) < 4.78 is 6.68. The molecule has 0 amide bonds. The van der Waals surface area contributed by atoms with Gasteiger partial charge in [-0.1, -0.05) is 0 Å². The van der Waals surface area contributed by atoms with Crippen molar-refractivity contribution in [3.05, 3.63) is 23.8 Å². The molecule has 18 heavy (non-hydrogen) atoms. The summed E-state index contributed by atoms with van der Waals surface area (Å²) in [6, 6.07) is 5.62. The van der Waals surface area contributed by atoms with Crippen LogP contribution in [0.15, 0.2) is 18.2 Å². The second-order valence-electron chi connectivity index (χ2n) is 3.97. The van der Waals surface area contributed by atoms with Crippen LogP contribution in [0, 0.1) is 0 Å². The van der Waals surface area contributed by atoms with Gasteiger partial charge >= 0.3 is 5.97 Å². The number of ether oxygens (including phenoxy) is 1. The van der Waals surface area contributed by atoms with Crippen LogP contribution in [0.4, 0.5) is 0 Å². The summed E-state index contributed by atoms with van der Waals surface area (Å²) in [5.41, 5.74) is 1.89. The SMILES string of the molecule is O=C(O)Cn1nnnc1-c1ccc2c(c1)CCO2. The molecule has 1 aromatic heterocycles. The van der Waals surface area contributed by atoms with Gasteiger partial charge in [0, 0.05) is 12.0 Å². The lowest BCUT2D eigenvalue weighted by Gasteiger charge is -2.03. The predicted octanol–water partition coefficient (Wildman–Crippen LogP) is 0.360. The molecule has 3 rings (SSSR count). The molecule has 7 heteroatoms. The number of aromatic nitrogens is 4. The summed E-state index contributed by atoms with van der Waals surface area (Å²) in [6.45, 7) is 0.425. The number of hydrogen-bond donors (Lipinski definition) is 1. The Bertz CT molecular complexity index is 608. The van der Waals surface area contributed by atoms with E-state index in [9.17, 15) is 4.79 Å². The fourth-order valence-electron chi connectivity index (χ4n) is 1.97. The molecule has 0 spiro atoms. The molecule has 0 bridgehead atoms. The largest absolute Gasteiger partial charge is 0.493 e. The molecule has 1 aromatic carbocycles. The van der Waals surface area contributed by atoms with Crippen LogP contribution in [0.1, 0.15) is 5.56 Å². The molecule has 0 unspecified atom stereocenters. The van der Waals surface area contributed by atoms with E-state index in [0.717, 1.165) is 23.3 Å². The average Bonchev–Trinajstić information content (AvgIpc) is 2.95. The Kier molecular flexibility index (Phi) is 2.44. The van der Waals surface area contributed by atoms with Gasteiger partial charge in [-0.05, 0) is 34.2 Å². The van der Waals surface area contributed by atoms with Gasteiger partial charge in [0.2, 0.25) is 0 Å². The molecule has 1 aliphatic heterocycles. The van der Waals surface area contributed by atoms with E-state index in [1.807, 2.05) is 18.2 Å². The Labute approximate surface area is 102 Å². The smallest absolute Gasteiger partial charge is 0.325 e. The number of benzene rings is 1. The normalized spacial score (nSPS) is 13.1. The third kappa shape index (κ3) is 1.79. The van der Waals surface area contributed by atoms with Crippen molar-refractivity contribution in [2.45, 2.75) is 13.0 Å². The molecule has 2 aromatic rings. The first-order valence-electron chi connectivity index (χ1n) is 5.48. The van der Waals surface area contributed by atoms with E-state index < -0.39 is 5.97 Å². The van der Waals surface area contributed by atoms with Gasteiger partial charge in [0.1, 0.15) is 12.3 Å². The van der Waals surface area contributed by atoms with E-state index in [1.165, 1.54) is 4.68 Å². The van der Waals surface area contributed by atoms with Crippen molar-refractivity contribution in [2.24, 2.45) is 0 Å². The first kappa shape index (κ1) is 10.7. The standard InChI is InChI=1S/C11H10N4O3/c16-10(17)6-15-11(12-13-14-15)8-1-2-9-7(5-8)3-4-18-9/h1-2,5H,3-4,6H2,(H,16,17). The summed E-state index contributed by atoms with van der Waals surface area (Å²) in [6.07, 6.45) is 0.851. The van der Waals surface area contributed by atoms with E-state index in [2.05, 4.69) is 15.5 Å². The predicted molar refractivity (Wildman–Crippen MR) is 60.1 cm³/mol. The fourth-order valence-corrected chi connectivity index (χ4v) is 1.97. The van der Waals surface area contributed by atoms with Gasteiger partial charge < -0.3 is 9.84 Å². The van der Waals surface area contributed by atoms with E-state index in [4.69, 9.17) is 9.84 Å². The molecule has 7 nitrogen and oxygen atoms in total. The number of fused-ring (bicyclic) bond motifs is 1. The van der Waals surface area contributed by atoms with Gasteiger partial charge in [-0.2, -0.15) is 0 Å². The number of aliphatic carboxylic acids is 1. The van der Waals surface area contributed by atoms with E-state index in [1.54, 1.807) is 0 Å². The minimum absolute atomic E-state index is 0.254. The Hall–Kier alpha value is -2.44. The number of carbonyl (C=O) groups is 1. The zero-order valence-corrected chi connectivity index (χ0v) is 9.41. The van der Waals surface area contributed by atoms with Crippen LogP contribution in [0.3, 0.4) is 0 Å². The monoisotopic (exact) mass is 246 g/mol. The number of carboxylic acid groups (broad SMARTS) is 1. The molecule has 0 radical (unpaired) electrons. The first-order chi connectivity index (χ1) is 8.74. The van der Waals surface area contributed by atoms with Crippen LogP contribution < -0.4 is 4.74 Å². The van der Waals surface area contributed by atoms with Crippen molar-refractivity contribution in [3.63, 3.8) is 0 Å². The molecule has 0 saturated carbocycles. The Morgan fingerprint density at radius 2 is 2.39 bits per heavy atom. The maximum absolute atomic E-state index is 10.7. The second-order valence-corrected chi connectivity index (χ2v) is 3.97. The molecule has 2 heterocycles. The van der Waals surface area contributed by atoms with Crippen molar-refractivity contribution < 1.29 is 14.6 Å². The summed E-state index contributed by atoms with van der Waals surface area (Å²) in [7, 11) is 0. The van der Waals surface area contributed by atoms with E-state index in [-0.39, 0.29) is 6.54 Å². The van der Waals surface area contributed by atoms with E-state index >= 15 is 0 Å². The molecule has 1 aliphatic rings. The summed E-state index contributed by atoms with van der Waals surface area (Å²) >= 11 is 0. The van der Waals surface area contributed by atoms with Crippen LogP contribution in [0.5, 0.6) is 5.75 Å². The molecule has 0 fully saturated rings. The lowest BCUT2D eigenvalue weighted by atomic mass is 10.1. The fraction of sp³-hybridized carbons (Fsp3) is 0.273. The summed E-state index contributed by atoms with van der Waals surface area (Å²) in [5, 5.41) is 19.8. The molecular formula is C11H10N4O3. The molecule has 0 saturated heterocycles. The quantitative estimate of drug-likeness (QED) is 0.840. The minimum atomic E-state index is -0.979. The van der Waals surface area contributed by atoms with E-state index in [0.29, 0.717) is 12.4 Å². The van der Waals surface area contributed by atoms with Crippen molar-refractivity contribution in [3.8, 4) is 17.1 Å². The molecule has 92 valence electrons. The maximum Gasteiger partial charge on any atom is 0.325 e. The molecule has 0 aliphatic carbocycles. The highest BCUT2D eigenvalue weighted by atomic mass is 16.5. The Morgan fingerprint density at radius 3 is 3.22 bits per heavy atom. The number of carboxylic acids is 1. The average molecular weight is 246 g/mol. The number of rotatable bonds is 3. The van der Waals surface area contributed by atoms with Gasteiger partial charge in [-0.15, -0.1) is 5.10 Å². The van der Waals surface area contributed by atoms with Gasteiger partial charge in [-0.3, -0.25) is 4.79 Å². The molecule has 0 atom stereocenters. The number of hydrogen-bond acceptors (Lipinski definition) is 5. The highest BCUT2D eigenvalue weighted by Crippen LogP contribution is 2.29. The van der Waals surface area contributed by atoms with Crippen LogP contribution >= 0.6 is 0 Å². The number of tetrazole rings is 1. The lowest BCUT2D eigenvalue weighted by molar-refractivity contribution is -0.137. The van der Waals surface area contributed by atoms with Crippen LogP contribution in [0.2, 0.25) is 0 Å². The highest BCUT2D eigenvalue weighted by molar-refractivity contribution is 5.68. The molecular weight excluding hydrogens is 236 g/mol. The first-order valence-corrected chi connectivity index (χ1v) is 5.48. The summed E-state index contributed by atoms with van der Waals surface area (Å²) in [4.78, 5) is 10.7. The van der Waals surface area contributed by atoms with Gasteiger partial charge in [-0.25, -0.2) is 4.68 Å². The van der Waals surface area contributed by atoms with Crippen molar-refractivity contribution in [1.82, 2.24) is 20.2 Å². The van der Waals surface area contributed by atoms with Crippen LogP contribution in [0.25, 0.3) is 11.4 Å². The van der Waals surface area contributed by atoms with Crippen LogP contribution in [-0.4, -0.2) is 37.9 Å². The maximum atomic E-state index is 10.7. The van der Waals surface area contributed by atoms with Gasteiger partial charge in [0.15, 0.2) is 5.82 Å². The topological polar surface area (TPSA) is 90.1 Å². The molecule has 1 N–H and O–H groups in total. The van der Waals surface area contributed by atoms with Crippen molar-refractivity contribution in [2.75, 3.05) is 6.61 Å². The third-order valence-corrected chi connectivity index (χ3v) is 2.76. The van der Waals surface area contributed by atoms with Crippen LogP contribution in [-0.2, 0) is 17.8 Å². The minimum Gasteiger partial charge on any atom is -0.493 e. The highest BCUT2D eigenvalue weighted by Gasteiger charge is 2.16. The van der Waals surface area contributed by atoms with Crippen molar-refractivity contribution in [1.29, 1.82) is 0 Å². The second kappa shape index (κ2) is 4.10. The summed E-state index contributed by atoms with van der Waals surface area (Å²) in [5.74, 6) is 0.344. The Morgan fingerprint density at radius 1 is 1.50 bits per heavy atom. The third-order valence-electron chi connectivity index (χ3n) is 2.76. The zero-order valence-electron chi connectivity index (χ0n) is 9.41. The number of nitrogens with zero attached hydrogens (tertiary/aromatic N) is 4. The van der Waals surface area contributed by atoms with Crippen molar-refractivity contribution >= 4 is 5.97 Å².